The molecule has 0 saturated carbocycles. The van der Waals surface area contributed by atoms with Crippen LogP contribution in [0.3, 0.4) is 0 Å². The molecule has 0 unspecified atom stereocenters. The van der Waals surface area contributed by atoms with Gasteiger partial charge in [0.05, 0.1) is 26.3 Å². The van der Waals surface area contributed by atoms with E-state index in [1.54, 1.807) is 6.07 Å². The second-order valence-corrected chi connectivity index (χ2v) is 8.41. The zero-order valence-corrected chi connectivity index (χ0v) is 15.1. The van der Waals surface area contributed by atoms with Gasteiger partial charge in [-0.05, 0) is 24.3 Å². The van der Waals surface area contributed by atoms with E-state index in [0.29, 0.717) is 0 Å². The van der Waals surface area contributed by atoms with Crippen molar-refractivity contribution in [2.45, 2.75) is 23.3 Å². The van der Waals surface area contributed by atoms with E-state index in [9.17, 15) is 22.5 Å². The van der Waals surface area contributed by atoms with Crippen molar-refractivity contribution in [3.8, 4) is 23.8 Å². The number of halogens is 3. The summed E-state index contributed by atoms with van der Waals surface area (Å²) in [5.41, 5.74) is -0.482. The lowest BCUT2D eigenvalue weighted by Crippen LogP contribution is -2.22. The van der Waals surface area contributed by atoms with Crippen LogP contribution in [0.1, 0.15) is 22.8 Å². The van der Waals surface area contributed by atoms with Gasteiger partial charge in [0.15, 0.2) is 0 Å². The van der Waals surface area contributed by atoms with E-state index < -0.39 is 34.0 Å². The second kappa shape index (κ2) is 6.82. The molecule has 2 aromatic carbocycles. The topological polar surface area (TPSA) is 106 Å². The molecule has 1 N–H and O–H groups in total. The predicted molar refractivity (Wildman–Crippen MR) is 91.6 cm³/mol. The average molecular weight is 407 g/mol. The fourth-order valence-electron chi connectivity index (χ4n) is 3.01. The molecule has 0 bridgehead atoms. The first-order valence-electron chi connectivity index (χ1n) is 7.79. The predicted octanol–water partition coefficient (Wildman–Crippen LogP) is 3.65. The second-order valence-electron chi connectivity index (χ2n) is 6.18. The number of nitriles is 2. The van der Waals surface area contributed by atoms with Crippen LogP contribution in [0.2, 0.25) is 0 Å². The Balaban J connectivity index is 2.18. The third-order valence-corrected chi connectivity index (χ3v) is 5.81. The van der Waals surface area contributed by atoms with Crippen LogP contribution in [0.4, 0.5) is 13.2 Å². The van der Waals surface area contributed by atoms with Gasteiger partial charge in [0.2, 0.25) is 6.19 Å². The number of hydrogen-bond donors (Lipinski definition) is 1. The molecule has 10 heteroatoms. The Morgan fingerprint density at radius 2 is 2.04 bits per heavy atom. The molecule has 0 saturated heterocycles. The minimum atomic E-state index is -3.56. The maximum atomic E-state index is 14.2. The van der Waals surface area contributed by atoms with Crippen molar-refractivity contribution in [1.29, 1.82) is 10.5 Å². The zero-order valence-electron chi connectivity index (χ0n) is 14.3. The van der Waals surface area contributed by atoms with Crippen LogP contribution in [-0.2, 0) is 16.1 Å². The molecule has 2 atom stereocenters. The Morgan fingerprint density at radius 3 is 2.68 bits per heavy atom. The molecule has 1 aliphatic rings. The van der Waals surface area contributed by atoms with Crippen LogP contribution in [0.15, 0.2) is 39.6 Å². The number of nitrogens with zero attached hydrogens (tertiary/aromatic N) is 3. The highest BCUT2D eigenvalue weighted by atomic mass is 32.2. The molecule has 0 fully saturated rings. The highest BCUT2D eigenvalue weighted by Crippen LogP contribution is 2.49. The summed E-state index contributed by atoms with van der Waals surface area (Å²) in [6, 6.07) is 7.33. The summed E-state index contributed by atoms with van der Waals surface area (Å²) in [5, 5.41) is 27.7. The summed E-state index contributed by atoms with van der Waals surface area (Å²) in [6.07, 6.45) is -0.691. The van der Waals surface area contributed by atoms with Gasteiger partial charge in [-0.1, -0.05) is 0 Å². The summed E-state index contributed by atoms with van der Waals surface area (Å²) in [7, 11) is -3.36. The van der Waals surface area contributed by atoms with Crippen molar-refractivity contribution in [1.82, 2.24) is 0 Å². The molecule has 0 aliphatic heterocycles. The fourth-order valence-corrected chi connectivity index (χ4v) is 4.23. The van der Waals surface area contributed by atoms with E-state index in [1.807, 2.05) is 0 Å². The summed E-state index contributed by atoms with van der Waals surface area (Å²) in [6.45, 7) is 0. The molecule has 0 aromatic heterocycles. The van der Waals surface area contributed by atoms with E-state index in [0.717, 1.165) is 18.4 Å². The molecule has 2 aromatic rings. The minimum Gasteiger partial charge on any atom is -0.457 e. The molecule has 0 radical (unpaired) electrons. The van der Waals surface area contributed by atoms with Crippen LogP contribution in [0, 0.1) is 28.6 Å². The standard InChI is InChI=1S/C18H12F3N3O3S/c1-28(26,24-9-23)15-3-2-14(13-7-18(20,21)17(25)16(13)15)27-12-5-10(8-22)4-11(19)6-12/h2-6,17,25H,7H2,1H3/t17-,28-/m0/s1. The Bertz CT molecular complexity index is 1180. The van der Waals surface area contributed by atoms with Crippen LogP contribution < -0.4 is 4.74 Å². The minimum absolute atomic E-state index is 0.0296. The van der Waals surface area contributed by atoms with E-state index in [1.165, 1.54) is 24.4 Å². The van der Waals surface area contributed by atoms with Crippen LogP contribution in [0.25, 0.3) is 0 Å². The van der Waals surface area contributed by atoms with Gasteiger partial charge < -0.3 is 9.84 Å². The van der Waals surface area contributed by atoms with Crippen LogP contribution in [0.5, 0.6) is 11.5 Å². The molecule has 3 rings (SSSR count). The molecule has 6 nitrogen and oxygen atoms in total. The van der Waals surface area contributed by atoms with Gasteiger partial charge in [-0.2, -0.15) is 10.5 Å². The van der Waals surface area contributed by atoms with Crippen molar-refractivity contribution in [3.05, 3.63) is 52.8 Å². The van der Waals surface area contributed by atoms with Crippen molar-refractivity contribution in [2.75, 3.05) is 6.26 Å². The first-order valence-corrected chi connectivity index (χ1v) is 9.72. The molecular weight excluding hydrogens is 395 g/mol. The molecule has 1 aliphatic carbocycles. The number of alkyl halides is 2. The third kappa shape index (κ3) is 3.40. The number of aliphatic hydroxyl groups excluding tert-OH is 1. The first kappa shape index (κ1) is 19.7. The Labute approximate surface area is 158 Å². The van der Waals surface area contributed by atoms with Crippen molar-refractivity contribution in [3.63, 3.8) is 0 Å². The number of benzene rings is 2. The highest BCUT2D eigenvalue weighted by Gasteiger charge is 2.50. The van der Waals surface area contributed by atoms with Crippen LogP contribution >= 0.6 is 0 Å². The van der Waals surface area contributed by atoms with Crippen molar-refractivity contribution < 1.29 is 27.2 Å². The number of ether oxygens (including phenoxy) is 1. The molecule has 28 heavy (non-hydrogen) atoms. The fraction of sp³-hybridized carbons (Fsp3) is 0.222. The molecular formula is C18H12F3N3O3S. The smallest absolute Gasteiger partial charge is 0.281 e. The first-order chi connectivity index (χ1) is 13.1. The maximum absolute atomic E-state index is 14.2. The summed E-state index contributed by atoms with van der Waals surface area (Å²) >= 11 is 0. The lowest BCUT2D eigenvalue weighted by Gasteiger charge is -2.17. The van der Waals surface area contributed by atoms with E-state index >= 15 is 0 Å². The van der Waals surface area contributed by atoms with Gasteiger partial charge in [0.1, 0.15) is 23.4 Å². The van der Waals surface area contributed by atoms with E-state index in [4.69, 9.17) is 15.3 Å². The third-order valence-electron chi connectivity index (χ3n) is 4.21. The molecule has 0 amide bonds. The largest absolute Gasteiger partial charge is 0.457 e. The summed E-state index contributed by atoms with van der Waals surface area (Å²) in [5.74, 6) is -4.53. The van der Waals surface area contributed by atoms with E-state index in [-0.39, 0.29) is 33.1 Å². The lowest BCUT2D eigenvalue weighted by atomic mass is 10.1. The zero-order chi connectivity index (χ0) is 20.7. The molecule has 144 valence electrons. The summed E-state index contributed by atoms with van der Waals surface area (Å²) in [4.78, 5) is -0.196. The van der Waals surface area contributed by atoms with Crippen molar-refractivity contribution >= 4 is 9.73 Å². The summed E-state index contributed by atoms with van der Waals surface area (Å²) < 4.78 is 63.4. The number of rotatable bonds is 3. The quantitative estimate of drug-likeness (QED) is 0.782. The van der Waals surface area contributed by atoms with Gasteiger partial charge in [-0.3, -0.25) is 0 Å². The van der Waals surface area contributed by atoms with Gasteiger partial charge in [0, 0.05) is 29.9 Å². The van der Waals surface area contributed by atoms with Gasteiger partial charge >= 0.3 is 0 Å². The highest BCUT2D eigenvalue weighted by molar-refractivity contribution is 7.93. The Kier molecular flexibility index (Phi) is 4.79. The maximum Gasteiger partial charge on any atom is 0.281 e. The van der Waals surface area contributed by atoms with E-state index in [2.05, 4.69) is 4.36 Å². The Morgan fingerprint density at radius 1 is 1.32 bits per heavy atom. The SMILES string of the molecule is C[S@@](=O)(=NC#N)c1ccc(Oc2cc(F)cc(C#N)c2)c2c1[C@H](O)C(F)(F)C2. The van der Waals surface area contributed by atoms with Gasteiger partial charge in [0.25, 0.3) is 5.92 Å². The molecule has 0 heterocycles. The Hall–Kier alpha value is -3.08. The normalized spacial score (nSPS) is 19.0. The van der Waals surface area contributed by atoms with Gasteiger partial charge in [-0.25, -0.2) is 17.4 Å². The monoisotopic (exact) mass is 407 g/mol. The van der Waals surface area contributed by atoms with Crippen LogP contribution in [-0.4, -0.2) is 21.5 Å². The van der Waals surface area contributed by atoms with Crippen molar-refractivity contribution in [2.24, 2.45) is 4.36 Å². The number of fused-ring (bicyclic) bond motifs is 1. The molecule has 0 spiro atoms. The lowest BCUT2D eigenvalue weighted by molar-refractivity contribution is -0.0976. The average Bonchev–Trinajstić information content (AvgIpc) is 2.85. The number of hydrogen-bond acceptors (Lipinski definition) is 6. The van der Waals surface area contributed by atoms with Gasteiger partial charge in [-0.15, -0.1) is 4.36 Å². The number of aliphatic hydroxyl groups is 1.